The van der Waals surface area contributed by atoms with Gasteiger partial charge in [0.2, 0.25) is 0 Å². The van der Waals surface area contributed by atoms with Gasteiger partial charge in [-0.05, 0) is 30.2 Å². The number of nitrogens with one attached hydrogen (secondary N) is 2. The first-order valence-corrected chi connectivity index (χ1v) is 5.19. The van der Waals surface area contributed by atoms with Gasteiger partial charge in [-0.15, -0.1) is 0 Å². The number of hydrogen-bond donors (Lipinski definition) is 2. The minimum absolute atomic E-state index is 0.196. The second-order valence-electron chi connectivity index (χ2n) is 3.64. The summed E-state index contributed by atoms with van der Waals surface area (Å²) in [7, 11) is 1.56. The number of aryl methyl sites for hydroxylation is 1. The van der Waals surface area contributed by atoms with Crippen LogP contribution in [0.2, 0.25) is 0 Å². The lowest BCUT2D eigenvalue weighted by Crippen LogP contribution is -2.17. The van der Waals surface area contributed by atoms with E-state index in [1.165, 1.54) is 12.1 Å². The zero-order valence-corrected chi connectivity index (χ0v) is 9.23. The molecule has 16 heavy (non-hydrogen) atoms. The third-order valence-corrected chi connectivity index (χ3v) is 2.64. The third-order valence-electron chi connectivity index (χ3n) is 2.64. The Kier molecular flexibility index (Phi) is 2.64. The normalized spacial score (nSPS) is 10.7. The van der Waals surface area contributed by atoms with Crippen molar-refractivity contribution < 1.29 is 9.18 Å². The Hall–Kier alpha value is -1.84. The van der Waals surface area contributed by atoms with Crippen molar-refractivity contribution >= 4 is 16.8 Å². The Morgan fingerprint density at radius 1 is 1.44 bits per heavy atom. The van der Waals surface area contributed by atoms with Crippen LogP contribution in [0.1, 0.15) is 23.0 Å². The average Bonchev–Trinajstić information content (AvgIpc) is 2.70. The molecule has 3 nitrogen and oxygen atoms in total. The van der Waals surface area contributed by atoms with Crippen LogP contribution in [-0.2, 0) is 6.42 Å². The summed E-state index contributed by atoms with van der Waals surface area (Å²) in [5.41, 5.74) is 2.02. The van der Waals surface area contributed by atoms with E-state index in [0.717, 1.165) is 17.4 Å². The Labute approximate surface area is 92.7 Å². The quantitative estimate of drug-likeness (QED) is 0.800. The molecule has 2 rings (SSSR count). The highest BCUT2D eigenvalue weighted by molar-refractivity contribution is 5.98. The second-order valence-corrected chi connectivity index (χ2v) is 3.64. The van der Waals surface area contributed by atoms with Crippen LogP contribution in [0.25, 0.3) is 10.9 Å². The van der Waals surface area contributed by atoms with Gasteiger partial charge in [0.05, 0.1) is 0 Å². The van der Waals surface area contributed by atoms with Crippen LogP contribution in [-0.4, -0.2) is 17.9 Å². The topological polar surface area (TPSA) is 44.9 Å². The molecule has 1 heterocycles. The molecule has 0 aliphatic carbocycles. The summed E-state index contributed by atoms with van der Waals surface area (Å²) in [4.78, 5) is 14.3. The highest BCUT2D eigenvalue weighted by Crippen LogP contribution is 2.22. The van der Waals surface area contributed by atoms with Crippen molar-refractivity contribution in [1.82, 2.24) is 10.3 Å². The first kappa shape index (κ1) is 10.7. The smallest absolute Gasteiger partial charge is 0.267 e. The minimum Gasteiger partial charge on any atom is -0.354 e. The third kappa shape index (κ3) is 1.66. The number of benzene rings is 1. The van der Waals surface area contributed by atoms with Crippen LogP contribution < -0.4 is 5.32 Å². The van der Waals surface area contributed by atoms with Crippen molar-refractivity contribution in [2.75, 3.05) is 7.05 Å². The molecule has 0 saturated heterocycles. The van der Waals surface area contributed by atoms with Gasteiger partial charge in [0.15, 0.2) is 0 Å². The summed E-state index contributed by atoms with van der Waals surface area (Å²) in [6.07, 6.45) is 0.735. The molecular formula is C12H13FN2O. The maximum absolute atomic E-state index is 13.3. The number of aromatic nitrogens is 1. The summed E-state index contributed by atoms with van der Waals surface area (Å²) < 4.78 is 13.3. The SMILES string of the molecule is CCc1cc(F)cc2[nH]c(C(=O)NC)cc12. The Morgan fingerprint density at radius 2 is 2.19 bits per heavy atom. The lowest BCUT2D eigenvalue weighted by molar-refractivity contribution is 0.0959. The van der Waals surface area contributed by atoms with Crippen LogP contribution in [0.4, 0.5) is 4.39 Å². The van der Waals surface area contributed by atoms with E-state index in [-0.39, 0.29) is 11.7 Å². The molecule has 0 bridgehead atoms. The van der Waals surface area contributed by atoms with E-state index >= 15 is 0 Å². The standard InChI is InChI=1S/C12H13FN2O/c1-3-7-4-8(13)5-10-9(7)6-11(15-10)12(16)14-2/h4-6,15H,3H2,1-2H3,(H,14,16). The summed E-state index contributed by atoms with van der Waals surface area (Å²) >= 11 is 0. The molecule has 4 heteroatoms. The van der Waals surface area contributed by atoms with Gasteiger partial charge in [-0.2, -0.15) is 0 Å². The van der Waals surface area contributed by atoms with Gasteiger partial charge in [-0.25, -0.2) is 4.39 Å². The molecule has 2 aromatic rings. The maximum Gasteiger partial charge on any atom is 0.267 e. The van der Waals surface area contributed by atoms with Crippen molar-refractivity contribution in [1.29, 1.82) is 0 Å². The van der Waals surface area contributed by atoms with E-state index in [4.69, 9.17) is 0 Å². The highest BCUT2D eigenvalue weighted by atomic mass is 19.1. The van der Waals surface area contributed by atoms with Gasteiger partial charge < -0.3 is 10.3 Å². The molecule has 0 saturated carbocycles. The van der Waals surface area contributed by atoms with E-state index in [1.54, 1.807) is 13.1 Å². The zero-order valence-electron chi connectivity index (χ0n) is 9.23. The lowest BCUT2D eigenvalue weighted by atomic mass is 10.1. The van der Waals surface area contributed by atoms with E-state index in [2.05, 4.69) is 10.3 Å². The number of halogens is 1. The van der Waals surface area contributed by atoms with Crippen molar-refractivity contribution in [2.45, 2.75) is 13.3 Å². The summed E-state index contributed by atoms with van der Waals surface area (Å²) in [6, 6.07) is 4.66. The molecule has 1 amide bonds. The van der Waals surface area contributed by atoms with Gasteiger partial charge in [0, 0.05) is 18.0 Å². The van der Waals surface area contributed by atoms with Gasteiger partial charge in [-0.1, -0.05) is 6.92 Å². The number of amides is 1. The first-order valence-electron chi connectivity index (χ1n) is 5.19. The Morgan fingerprint density at radius 3 is 2.81 bits per heavy atom. The van der Waals surface area contributed by atoms with Crippen LogP contribution in [0.15, 0.2) is 18.2 Å². The van der Waals surface area contributed by atoms with Gasteiger partial charge in [0.25, 0.3) is 5.91 Å². The fourth-order valence-corrected chi connectivity index (χ4v) is 1.82. The number of carbonyl (C=O) groups excluding carboxylic acids is 1. The van der Waals surface area contributed by atoms with Crippen molar-refractivity contribution in [3.8, 4) is 0 Å². The zero-order chi connectivity index (χ0) is 11.7. The molecule has 1 aromatic carbocycles. The van der Waals surface area contributed by atoms with E-state index in [9.17, 15) is 9.18 Å². The van der Waals surface area contributed by atoms with Crippen molar-refractivity contribution in [3.05, 3.63) is 35.3 Å². The molecule has 0 aliphatic heterocycles. The fraction of sp³-hybridized carbons (Fsp3) is 0.250. The number of H-pyrrole nitrogens is 1. The van der Waals surface area contributed by atoms with Crippen LogP contribution >= 0.6 is 0 Å². The summed E-state index contributed by atoms with van der Waals surface area (Å²) in [5, 5.41) is 3.44. The molecule has 0 fully saturated rings. The van der Waals surface area contributed by atoms with Crippen LogP contribution in [0.5, 0.6) is 0 Å². The molecule has 0 atom stereocenters. The van der Waals surface area contributed by atoms with E-state index in [0.29, 0.717) is 11.2 Å². The van der Waals surface area contributed by atoms with Gasteiger partial charge >= 0.3 is 0 Å². The molecule has 1 aromatic heterocycles. The van der Waals surface area contributed by atoms with Gasteiger partial charge in [-0.3, -0.25) is 4.79 Å². The number of rotatable bonds is 2. The van der Waals surface area contributed by atoms with Crippen molar-refractivity contribution in [2.24, 2.45) is 0 Å². The first-order chi connectivity index (χ1) is 7.65. The van der Waals surface area contributed by atoms with E-state index < -0.39 is 0 Å². The van der Waals surface area contributed by atoms with Crippen LogP contribution in [0, 0.1) is 5.82 Å². The summed E-state index contributed by atoms with van der Waals surface area (Å²) in [5.74, 6) is -0.478. The molecule has 84 valence electrons. The predicted molar refractivity (Wildman–Crippen MR) is 61.0 cm³/mol. The number of carbonyl (C=O) groups is 1. The highest BCUT2D eigenvalue weighted by Gasteiger charge is 2.10. The largest absolute Gasteiger partial charge is 0.354 e. The molecule has 0 aliphatic rings. The summed E-state index contributed by atoms with van der Waals surface area (Å²) in [6.45, 7) is 1.96. The average molecular weight is 220 g/mol. The Balaban J connectivity index is 2.64. The molecule has 2 N–H and O–H groups in total. The maximum atomic E-state index is 13.3. The lowest BCUT2D eigenvalue weighted by Gasteiger charge is -1.98. The number of aromatic amines is 1. The minimum atomic E-state index is -0.283. The second kappa shape index (κ2) is 3.96. The fourth-order valence-electron chi connectivity index (χ4n) is 1.82. The predicted octanol–water partition coefficient (Wildman–Crippen LogP) is 2.23. The number of fused-ring (bicyclic) bond motifs is 1. The number of hydrogen-bond acceptors (Lipinski definition) is 1. The Bertz CT molecular complexity index is 545. The molecule has 0 radical (unpaired) electrons. The monoisotopic (exact) mass is 220 g/mol. The van der Waals surface area contributed by atoms with E-state index in [1.807, 2.05) is 6.92 Å². The molecule has 0 unspecified atom stereocenters. The molecule has 0 spiro atoms. The van der Waals surface area contributed by atoms with Crippen molar-refractivity contribution in [3.63, 3.8) is 0 Å². The van der Waals surface area contributed by atoms with Gasteiger partial charge in [0.1, 0.15) is 11.5 Å². The van der Waals surface area contributed by atoms with Crippen LogP contribution in [0.3, 0.4) is 0 Å². The molecular weight excluding hydrogens is 207 g/mol.